The molecule has 20 heavy (non-hydrogen) atoms. The first kappa shape index (κ1) is 16.0. The van der Waals surface area contributed by atoms with E-state index in [1.807, 2.05) is 30.4 Å². The number of amides is 1. The lowest BCUT2D eigenvalue weighted by Crippen LogP contribution is -2.55. The zero-order valence-corrected chi connectivity index (χ0v) is 13.5. The Hall–Kier alpha value is -0.360. The monoisotopic (exact) mass is 317 g/mol. The van der Waals surface area contributed by atoms with Gasteiger partial charge >= 0.3 is 5.97 Å². The normalized spacial score (nSPS) is 34.5. The highest BCUT2D eigenvalue weighted by Crippen LogP contribution is 2.34. The zero-order valence-electron chi connectivity index (χ0n) is 11.9. The molecule has 1 saturated carbocycles. The van der Waals surface area contributed by atoms with E-state index in [9.17, 15) is 14.7 Å². The SMILES string of the molecule is CC1(NC(=O)CC2CSCCS2)CCCCC1C(=O)O. The Balaban J connectivity index is 1.91. The average Bonchev–Trinajstić information content (AvgIpc) is 2.39. The van der Waals surface area contributed by atoms with Crippen molar-refractivity contribution in [2.75, 3.05) is 17.3 Å². The van der Waals surface area contributed by atoms with E-state index < -0.39 is 17.4 Å². The Labute approximate surface area is 128 Å². The van der Waals surface area contributed by atoms with Gasteiger partial charge in [0.25, 0.3) is 0 Å². The van der Waals surface area contributed by atoms with E-state index in [1.165, 1.54) is 5.75 Å². The maximum absolute atomic E-state index is 12.2. The van der Waals surface area contributed by atoms with Crippen molar-refractivity contribution in [3.8, 4) is 0 Å². The lowest BCUT2D eigenvalue weighted by Gasteiger charge is -2.40. The van der Waals surface area contributed by atoms with Crippen molar-refractivity contribution in [1.82, 2.24) is 5.32 Å². The van der Waals surface area contributed by atoms with Crippen molar-refractivity contribution < 1.29 is 14.7 Å². The fourth-order valence-electron chi connectivity index (χ4n) is 3.11. The molecule has 2 N–H and O–H groups in total. The lowest BCUT2D eigenvalue weighted by atomic mass is 9.74. The Morgan fingerprint density at radius 1 is 1.35 bits per heavy atom. The average molecular weight is 317 g/mol. The van der Waals surface area contributed by atoms with Crippen LogP contribution in [0.1, 0.15) is 39.0 Å². The largest absolute Gasteiger partial charge is 0.481 e. The summed E-state index contributed by atoms with van der Waals surface area (Å²) in [5, 5.41) is 12.8. The molecule has 0 radical (unpaired) electrons. The molecule has 1 heterocycles. The number of carbonyl (C=O) groups excluding carboxylic acids is 1. The predicted octanol–water partition coefficient (Wildman–Crippen LogP) is 2.37. The van der Waals surface area contributed by atoms with Gasteiger partial charge in [0.1, 0.15) is 0 Å². The first-order valence-corrected chi connectivity index (χ1v) is 9.45. The molecule has 0 spiro atoms. The molecule has 0 aromatic rings. The molecule has 6 heteroatoms. The first-order chi connectivity index (χ1) is 9.51. The van der Waals surface area contributed by atoms with Gasteiger partial charge in [-0.05, 0) is 19.8 Å². The second kappa shape index (κ2) is 7.07. The summed E-state index contributed by atoms with van der Waals surface area (Å²) in [6.07, 6.45) is 3.88. The van der Waals surface area contributed by atoms with Gasteiger partial charge in [0.05, 0.1) is 11.5 Å². The van der Waals surface area contributed by atoms with Gasteiger partial charge in [0.15, 0.2) is 0 Å². The summed E-state index contributed by atoms with van der Waals surface area (Å²) < 4.78 is 0. The molecular weight excluding hydrogens is 294 g/mol. The molecule has 114 valence electrons. The number of carbonyl (C=O) groups is 2. The van der Waals surface area contributed by atoms with E-state index in [4.69, 9.17) is 0 Å². The second-order valence-corrected chi connectivity index (χ2v) is 8.43. The molecule has 0 aromatic carbocycles. The zero-order chi connectivity index (χ0) is 14.6. The van der Waals surface area contributed by atoms with Crippen LogP contribution in [-0.2, 0) is 9.59 Å². The highest BCUT2D eigenvalue weighted by molar-refractivity contribution is 8.06. The van der Waals surface area contributed by atoms with Crippen LogP contribution in [0, 0.1) is 5.92 Å². The maximum Gasteiger partial charge on any atom is 0.308 e. The Morgan fingerprint density at radius 3 is 2.80 bits per heavy atom. The number of carboxylic acids is 1. The number of nitrogens with one attached hydrogen (secondary N) is 1. The molecule has 3 atom stereocenters. The summed E-state index contributed by atoms with van der Waals surface area (Å²) in [7, 11) is 0. The summed E-state index contributed by atoms with van der Waals surface area (Å²) in [5.74, 6) is 2.08. The van der Waals surface area contributed by atoms with Gasteiger partial charge in [0.2, 0.25) is 5.91 Å². The first-order valence-electron chi connectivity index (χ1n) is 7.24. The van der Waals surface area contributed by atoms with Crippen LogP contribution in [-0.4, -0.2) is 45.0 Å². The van der Waals surface area contributed by atoms with E-state index in [1.54, 1.807) is 0 Å². The van der Waals surface area contributed by atoms with Crippen LogP contribution in [0.3, 0.4) is 0 Å². The third kappa shape index (κ3) is 4.07. The fraction of sp³-hybridized carbons (Fsp3) is 0.857. The van der Waals surface area contributed by atoms with Gasteiger partial charge in [-0.15, -0.1) is 0 Å². The molecule has 1 saturated heterocycles. The molecule has 2 rings (SSSR count). The smallest absolute Gasteiger partial charge is 0.308 e. The highest BCUT2D eigenvalue weighted by Gasteiger charge is 2.42. The molecular formula is C14H23NO3S2. The number of hydrogen-bond donors (Lipinski definition) is 2. The van der Waals surface area contributed by atoms with E-state index >= 15 is 0 Å². The quantitative estimate of drug-likeness (QED) is 0.833. The molecule has 1 aliphatic heterocycles. The maximum atomic E-state index is 12.2. The van der Waals surface area contributed by atoms with Crippen molar-refractivity contribution in [2.24, 2.45) is 5.92 Å². The molecule has 1 amide bonds. The molecule has 4 nitrogen and oxygen atoms in total. The summed E-state index contributed by atoms with van der Waals surface area (Å²) >= 11 is 3.76. The van der Waals surface area contributed by atoms with Crippen LogP contribution in [0.25, 0.3) is 0 Å². The van der Waals surface area contributed by atoms with Gasteiger partial charge in [-0.3, -0.25) is 9.59 Å². The summed E-state index contributed by atoms with van der Waals surface area (Å²) in [5.41, 5.74) is -0.576. The Bertz CT molecular complexity index is 371. The Morgan fingerprint density at radius 2 is 2.15 bits per heavy atom. The minimum atomic E-state index is -0.782. The molecule has 0 bridgehead atoms. The highest BCUT2D eigenvalue weighted by atomic mass is 32.2. The molecule has 0 aromatic heterocycles. The van der Waals surface area contributed by atoms with Gasteiger partial charge in [-0.1, -0.05) is 12.8 Å². The van der Waals surface area contributed by atoms with Crippen molar-refractivity contribution in [3.05, 3.63) is 0 Å². The van der Waals surface area contributed by atoms with Crippen molar-refractivity contribution in [2.45, 2.75) is 49.8 Å². The van der Waals surface area contributed by atoms with Crippen LogP contribution in [0.15, 0.2) is 0 Å². The van der Waals surface area contributed by atoms with Crippen molar-refractivity contribution in [1.29, 1.82) is 0 Å². The lowest BCUT2D eigenvalue weighted by molar-refractivity contribution is -0.146. The topological polar surface area (TPSA) is 66.4 Å². The van der Waals surface area contributed by atoms with E-state index in [2.05, 4.69) is 5.32 Å². The van der Waals surface area contributed by atoms with Crippen LogP contribution in [0.2, 0.25) is 0 Å². The second-order valence-electron chi connectivity index (χ2n) is 5.87. The number of rotatable bonds is 4. The van der Waals surface area contributed by atoms with Crippen molar-refractivity contribution >= 4 is 35.4 Å². The van der Waals surface area contributed by atoms with Crippen LogP contribution in [0.5, 0.6) is 0 Å². The minimum absolute atomic E-state index is 0.0145. The third-order valence-corrected chi connectivity index (χ3v) is 7.07. The third-order valence-electron chi connectivity index (χ3n) is 4.23. The van der Waals surface area contributed by atoms with Crippen LogP contribution in [0.4, 0.5) is 0 Å². The van der Waals surface area contributed by atoms with Crippen LogP contribution >= 0.6 is 23.5 Å². The van der Waals surface area contributed by atoms with E-state index in [0.717, 1.165) is 30.8 Å². The molecule has 3 unspecified atom stereocenters. The number of aliphatic carboxylic acids is 1. The minimum Gasteiger partial charge on any atom is -0.481 e. The van der Waals surface area contributed by atoms with Gasteiger partial charge in [0, 0.05) is 28.9 Å². The van der Waals surface area contributed by atoms with Gasteiger partial charge in [-0.2, -0.15) is 23.5 Å². The standard InChI is InChI=1S/C14H23NO3S2/c1-14(5-3-2-4-11(14)13(17)18)15-12(16)8-10-9-19-6-7-20-10/h10-11H,2-9H2,1H3,(H,15,16)(H,17,18). The van der Waals surface area contributed by atoms with Crippen molar-refractivity contribution in [3.63, 3.8) is 0 Å². The summed E-state index contributed by atoms with van der Waals surface area (Å²) in [4.78, 5) is 23.6. The molecule has 1 aliphatic carbocycles. The number of hydrogen-bond acceptors (Lipinski definition) is 4. The van der Waals surface area contributed by atoms with E-state index in [-0.39, 0.29) is 5.91 Å². The van der Waals surface area contributed by atoms with Gasteiger partial charge < -0.3 is 10.4 Å². The fourth-order valence-corrected chi connectivity index (χ4v) is 5.79. The van der Waals surface area contributed by atoms with Gasteiger partial charge in [-0.25, -0.2) is 0 Å². The summed E-state index contributed by atoms with van der Waals surface area (Å²) in [6.45, 7) is 1.89. The van der Waals surface area contributed by atoms with E-state index in [0.29, 0.717) is 18.1 Å². The molecule has 2 aliphatic rings. The van der Waals surface area contributed by atoms with Crippen LogP contribution < -0.4 is 5.32 Å². The summed E-state index contributed by atoms with van der Waals surface area (Å²) in [6, 6.07) is 0. The number of carboxylic acid groups (broad SMARTS) is 1. The number of thioether (sulfide) groups is 2. The predicted molar refractivity (Wildman–Crippen MR) is 84.3 cm³/mol. The molecule has 2 fully saturated rings. The Kier molecular flexibility index (Phi) is 5.66.